The van der Waals surface area contributed by atoms with Crippen molar-refractivity contribution in [1.82, 2.24) is 0 Å². The molecule has 4 heteroatoms. The highest BCUT2D eigenvalue weighted by Crippen LogP contribution is 2.36. The van der Waals surface area contributed by atoms with Crippen LogP contribution in [-0.2, 0) is 38.8 Å². The zero-order chi connectivity index (χ0) is 26.0. The number of aryl methyl sites for hydroxylation is 1. The number of rotatable bonds is 11. The fraction of sp³-hybridized carbons (Fsp3) is 0.294. The molecular weight excluding hydrogens is 472 g/mol. The third-order valence-electron chi connectivity index (χ3n) is 6.92. The van der Waals surface area contributed by atoms with E-state index in [1.165, 1.54) is 5.56 Å². The summed E-state index contributed by atoms with van der Waals surface area (Å²) in [5.41, 5.74) is 5.78. The molecule has 0 amide bonds. The van der Waals surface area contributed by atoms with Crippen LogP contribution in [0.5, 0.6) is 0 Å². The Morgan fingerprint density at radius 3 is 1.84 bits per heavy atom. The monoisotopic (exact) mass is 508 g/mol. The Hall–Kier alpha value is -3.28. The van der Waals surface area contributed by atoms with E-state index in [4.69, 9.17) is 18.9 Å². The van der Waals surface area contributed by atoms with E-state index in [0.717, 1.165) is 22.3 Å². The van der Waals surface area contributed by atoms with Gasteiger partial charge in [-0.1, -0.05) is 121 Å². The second kappa shape index (κ2) is 13.5. The Kier molecular flexibility index (Phi) is 9.35. The van der Waals surface area contributed by atoms with Gasteiger partial charge in [0, 0.05) is 6.42 Å². The standard InChI is InChI=1S/C34H36O4/c1-26-12-11-19-30(20-26)31-21-32(36-23-28-15-7-3-8-16-28)34(37-24-29-17-9-4-10-18-29)33(38-31)25-35-22-27-13-5-2-6-14-27/h2-20,31-34H,21-25H2,1H3/t31?,32?,33?,34-/m0/s1. The van der Waals surface area contributed by atoms with Crippen LogP contribution < -0.4 is 0 Å². The van der Waals surface area contributed by atoms with Crippen molar-refractivity contribution < 1.29 is 18.9 Å². The van der Waals surface area contributed by atoms with E-state index in [2.05, 4.69) is 67.6 Å². The van der Waals surface area contributed by atoms with Crippen molar-refractivity contribution in [3.05, 3.63) is 143 Å². The molecular formula is C34H36O4. The lowest BCUT2D eigenvalue weighted by Crippen LogP contribution is -2.50. The van der Waals surface area contributed by atoms with Crippen LogP contribution in [0.3, 0.4) is 0 Å². The maximum atomic E-state index is 6.72. The van der Waals surface area contributed by atoms with Gasteiger partial charge in [0.1, 0.15) is 12.2 Å². The molecule has 5 rings (SSSR count). The summed E-state index contributed by atoms with van der Waals surface area (Å²) in [6.45, 7) is 4.07. The molecule has 1 heterocycles. The minimum Gasteiger partial charge on any atom is -0.374 e. The lowest BCUT2D eigenvalue weighted by atomic mass is 9.93. The second-order valence-corrected chi connectivity index (χ2v) is 9.91. The molecule has 4 aromatic carbocycles. The molecule has 1 aliphatic heterocycles. The summed E-state index contributed by atoms with van der Waals surface area (Å²) in [5, 5.41) is 0. The van der Waals surface area contributed by atoms with Crippen LogP contribution in [0, 0.1) is 6.92 Å². The van der Waals surface area contributed by atoms with Gasteiger partial charge in [-0.2, -0.15) is 0 Å². The average molecular weight is 509 g/mol. The van der Waals surface area contributed by atoms with Crippen molar-refractivity contribution in [2.75, 3.05) is 6.61 Å². The summed E-state index contributed by atoms with van der Waals surface area (Å²) in [6, 6.07) is 39.3. The summed E-state index contributed by atoms with van der Waals surface area (Å²) in [4.78, 5) is 0. The van der Waals surface area contributed by atoms with Crippen molar-refractivity contribution in [3.8, 4) is 0 Å². The first-order valence-electron chi connectivity index (χ1n) is 13.4. The minimum absolute atomic E-state index is 0.0995. The molecule has 0 bridgehead atoms. The molecule has 0 radical (unpaired) electrons. The van der Waals surface area contributed by atoms with E-state index in [1.54, 1.807) is 0 Å². The Labute approximate surface area is 226 Å². The Morgan fingerprint density at radius 2 is 1.24 bits per heavy atom. The molecule has 4 aromatic rings. The molecule has 4 atom stereocenters. The molecule has 3 unspecified atom stereocenters. The van der Waals surface area contributed by atoms with E-state index in [1.807, 2.05) is 54.6 Å². The maximum Gasteiger partial charge on any atom is 0.113 e. The highest BCUT2D eigenvalue weighted by molar-refractivity contribution is 5.25. The lowest BCUT2D eigenvalue weighted by Gasteiger charge is -2.42. The Morgan fingerprint density at radius 1 is 0.658 bits per heavy atom. The van der Waals surface area contributed by atoms with Gasteiger partial charge in [-0.25, -0.2) is 0 Å². The van der Waals surface area contributed by atoms with Gasteiger partial charge in [0.25, 0.3) is 0 Å². The van der Waals surface area contributed by atoms with Gasteiger partial charge >= 0.3 is 0 Å². The second-order valence-electron chi connectivity index (χ2n) is 9.91. The summed E-state index contributed by atoms with van der Waals surface area (Å²) in [7, 11) is 0. The molecule has 38 heavy (non-hydrogen) atoms. The fourth-order valence-corrected chi connectivity index (χ4v) is 4.94. The van der Waals surface area contributed by atoms with Crippen LogP contribution in [-0.4, -0.2) is 24.9 Å². The third-order valence-corrected chi connectivity index (χ3v) is 6.92. The lowest BCUT2D eigenvalue weighted by molar-refractivity contribution is -0.222. The average Bonchev–Trinajstić information content (AvgIpc) is 2.97. The molecule has 0 aromatic heterocycles. The highest BCUT2D eigenvalue weighted by atomic mass is 16.6. The molecule has 196 valence electrons. The summed E-state index contributed by atoms with van der Waals surface area (Å²) >= 11 is 0. The molecule has 0 N–H and O–H groups in total. The summed E-state index contributed by atoms with van der Waals surface area (Å²) < 4.78 is 26.1. The summed E-state index contributed by atoms with van der Waals surface area (Å²) in [5.74, 6) is 0. The number of hydrogen-bond acceptors (Lipinski definition) is 4. The number of benzene rings is 4. The van der Waals surface area contributed by atoms with E-state index in [0.29, 0.717) is 32.8 Å². The van der Waals surface area contributed by atoms with Gasteiger partial charge in [-0.3, -0.25) is 0 Å². The predicted octanol–water partition coefficient (Wildman–Crippen LogP) is 7.21. The topological polar surface area (TPSA) is 36.9 Å². The van der Waals surface area contributed by atoms with Crippen LogP contribution in [0.2, 0.25) is 0 Å². The van der Waals surface area contributed by atoms with Gasteiger partial charge in [0.05, 0.1) is 38.6 Å². The van der Waals surface area contributed by atoms with Crippen molar-refractivity contribution >= 4 is 0 Å². The van der Waals surface area contributed by atoms with Crippen LogP contribution in [0.15, 0.2) is 115 Å². The summed E-state index contributed by atoms with van der Waals surface area (Å²) in [6.07, 6.45) is -0.0791. The first kappa shape index (κ1) is 26.3. The minimum atomic E-state index is -0.275. The molecule has 1 saturated heterocycles. The van der Waals surface area contributed by atoms with E-state index in [-0.39, 0.29) is 24.4 Å². The molecule has 4 nitrogen and oxygen atoms in total. The van der Waals surface area contributed by atoms with Gasteiger partial charge in [-0.15, -0.1) is 0 Å². The van der Waals surface area contributed by atoms with Gasteiger partial charge < -0.3 is 18.9 Å². The first-order chi connectivity index (χ1) is 18.7. The zero-order valence-electron chi connectivity index (χ0n) is 21.9. The molecule has 0 spiro atoms. The van der Waals surface area contributed by atoms with Crippen LogP contribution in [0.4, 0.5) is 0 Å². The molecule has 0 aliphatic carbocycles. The highest BCUT2D eigenvalue weighted by Gasteiger charge is 2.41. The van der Waals surface area contributed by atoms with E-state index < -0.39 is 0 Å². The van der Waals surface area contributed by atoms with Gasteiger partial charge in [0.2, 0.25) is 0 Å². The molecule has 0 saturated carbocycles. The van der Waals surface area contributed by atoms with Crippen molar-refractivity contribution in [2.24, 2.45) is 0 Å². The smallest absolute Gasteiger partial charge is 0.113 e. The zero-order valence-corrected chi connectivity index (χ0v) is 21.9. The van der Waals surface area contributed by atoms with Crippen LogP contribution in [0.1, 0.15) is 40.3 Å². The Balaban J connectivity index is 1.36. The van der Waals surface area contributed by atoms with E-state index in [9.17, 15) is 0 Å². The van der Waals surface area contributed by atoms with Crippen molar-refractivity contribution in [2.45, 2.75) is 57.6 Å². The quantitative estimate of drug-likeness (QED) is 0.214. The van der Waals surface area contributed by atoms with E-state index >= 15 is 0 Å². The van der Waals surface area contributed by atoms with Crippen molar-refractivity contribution in [1.29, 1.82) is 0 Å². The van der Waals surface area contributed by atoms with Crippen molar-refractivity contribution in [3.63, 3.8) is 0 Å². The Bertz CT molecular complexity index is 1230. The maximum absolute atomic E-state index is 6.72. The predicted molar refractivity (Wildman–Crippen MR) is 150 cm³/mol. The molecule has 1 fully saturated rings. The SMILES string of the molecule is Cc1cccc(C2CC(OCc3ccccc3)[C@H](OCc3ccccc3)C(COCc3ccccc3)O2)c1. The van der Waals surface area contributed by atoms with Crippen LogP contribution >= 0.6 is 0 Å². The fourth-order valence-electron chi connectivity index (χ4n) is 4.94. The van der Waals surface area contributed by atoms with Gasteiger partial charge in [-0.05, 0) is 29.2 Å². The van der Waals surface area contributed by atoms with Gasteiger partial charge in [0.15, 0.2) is 0 Å². The first-order valence-corrected chi connectivity index (χ1v) is 13.4. The largest absolute Gasteiger partial charge is 0.374 e. The number of ether oxygens (including phenoxy) is 4. The van der Waals surface area contributed by atoms with Crippen LogP contribution in [0.25, 0.3) is 0 Å². The number of hydrogen-bond donors (Lipinski definition) is 0. The molecule has 1 aliphatic rings. The third kappa shape index (κ3) is 7.40. The normalized spacial score (nSPS) is 21.3.